The van der Waals surface area contributed by atoms with Crippen molar-refractivity contribution in [3.8, 4) is 17.2 Å². The Labute approximate surface area is 149 Å². The van der Waals surface area contributed by atoms with Crippen LogP contribution in [0.2, 0.25) is 0 Å². The topological polar surface area (TPSA) is 87.0 Å². The van der Waals surface area contributed by atoms with E-state index in [1.165, 1.54) is 27.4 Å². The molecule has 7 nitrogen and oxygen atoms in total. The van der Waals surface area contributed by atoms with Gasteiger partial charge in [0.15, 0.2) is 11.5 Å². The summed E-state index contributed by atoms with van der Waals surface area (Å²) in [6.45, 7) is 0. The number of anilines is 1. The Morgan fingerprint density at radius 3 is 2.23 bits per heavy atom. The van der Waals surface area contributed by atoms with Gasteiger partial charge in [0.25, 0.3) is 5.91 Å². The molecule has 26 heavy (non-hydrogen) atoms. The quantitative estimate of drug-likeness (QED) is 0.708. The Bertz CT molecular complexity index is 999. The molecular formula is C19H17NO6. The molecule has 7 heteroatoms. The Hall–Kier alpha value is -3.48. The minimum Gasteiger partial charge on any atom is -0.493 e. The smallest absolute Gasteiger partial charge is 0.336 e. The van der Waals surface area contributed by atoms with E-state index in [4.69, 9.17) is 18.6 Å². The molecule has 0 atom stereocenters. The molecular weight excluding hydrogens is 338 g/mol. The fraction of sp³-hybridized carbons (Fsp3) is 0.158. The highest BCUT2D eigenvalue weighted by Crippen LogP contribution is 2.38. The Kier molecular flexibility index (Phi) is 4.79. The number of methoxy groups -OCH3 is 3. The SMILES string of the molecule is COc1cc(C(=O)Nc2ccc3oc(=O)ccc3c2)cc(OC)c1OC. The maximum absolute atomic E-state index is 12.6. The fourth-order valence-corrected chi connectivity index (χ4v) is 2.57. The second-order valence-electron chi connectivity index (χ2n) is 5.38. The summed E-state index contributed by atoms with van der Waals surface area (Å²) in [5, 5.41) is 3.50. The van der Waals surface area contributed by atoms with Gasteiger partial charge in [0.1, 0.15) is 5.58 Å². The number of benzene rings is 2. The maximum atomic E-state index is 12.6. The van der Waals surface area contributed by atoms with E-state index in [0.717, 1.165) is 0 Å². The van der Waals surface area contributed by atoms with E-state index in [1.807, 2.05) is 0 Å². The van der Waals surface area contributed by atoms with Crippen molar-refractivity contribution in [2.24, 2.45) is 0 Å². The van der Waals surface area contributed by atoms with Gasteiger partial charge in [-0.1, -0.05) is 0 Å². The molecule has 0 aliphatic carbocycles. The highest BCUT2D eigenvalue weighted by atomic mass is 16.5. The van der Waals surface area contributed by atoms with Crippen LogP contribution in [-0.4, -0.2) is 27.2 Å². The first-order chi connectivity index (χ1) is 12.5. The zero-order valence-electron chi connectivity index (χ0n) is 14.5. The third kappa shape index (κ3) is 3.32. The summed E-state index contributed by atoms with van der Waals surface area (Å²) in [4.78, 5) is 23.8. The number of carbonyl (C=O) groups is 1. The lowest BCUT2D eigenvalue weighted by Crippen LogP contribution is -2.12. The van der Waals surface area contributed by atoms with Gasteiger partial charge in [-0.05, 0) is 36.4 Å². The van der Waals surface area contributed by atoms with Crippen LogP contribution in [0.1, 0.15) is 10.4 Å². The Balaban J connectivity index is 1.92. The van der Waals surface area contributed by atoms with Crippen LogP contribution in [0.5, 0.6) is 17.2 Å². The molecule has 3 aromatic rings. The summed E-state index contributed by atoms with van der Waals surface area (Å²) >= 11 is 0. The first-order valence-corrected chi connectivity index (χ1v) is 7.71. The summed E-state index contributed by atoms with van der Waals surface area (Å²) in [7, 11) is 4.46. The van der Waals surface area contributed by atoms with Crippen molar-refractivity contribution in [2.45, 2.75) is 0 Å². The minimum atomic E-state index is -0.424. The molecule has 1 aromatic heterocycles. The molecule has 0 fully saturated rings. The van der Waals surface area contributed by atoms with Crippen LogP contribution >= 0.6 is 0 Å². The van der Waals surface area contributed by atoms with E-state index < -0.39 is 5.63 Å². The molecule has 0 bridgehead atoms. The molecule has 134 valence electrons. The summed E-state index contributed by atoms with van der Waals surface area (Å²) in [5.41, 5.74) is 0.930. The van der Waals surface area contributed by atoms with Crippen molar-refractivity contribution < 1.29 is 23.4 Å². The second kappa shape index (κ2) is 7.18. The van der Waals surface area contributed by atoms with E-state index in [9.17, 15) is 9.59 Å². The van der Waals surface area contributed by atoms with E-state index in [1.54, 1.807) is 36.4 Å². The molecule has 0 aliphatic rings. The average Bonchev–Trinajstić information content (AvgIpc) is 2.66. The lowest BCUT2D eigenvalue weighted by molar-refractivity contribution is 0.102. The number of ether oxygens (including phenoxy) is 3. The van der Waals surface area contributed by atoms with Crippen molar-refractivity contribution in [3.63, 3.8) is 0 Å². The van der Waals surface area contributed by atoms with Crippen molar-refractivity contribution >= 4 is 22.6 Å². The van der Waals surface area contributed by atoms with Gasteiger partial charge < -0.3 is 23.9 Å². The molecule has 0 aliphatic heterocycles. The van der Waals surface area contributed by atoms with Gasteiger partial charge in [0, 0.05) is 22.7 Å². The largest absolute Gasteiger partial charge is 0.493 e. The summed E-state index contributed by atoms with van der Waals surface area (Å²) in [6.07, 6.45) is 0. The highest BCUT2D eigenvalue weighted by Gasteiger charge is 2.17. The third-order valence-electron chi connectivity index (χ3n) is 3.80. The van der Waals surface area contributed by atoms with E-state index in [0.29, 0.717) is 39.5 Å². The van der Waals surface area contributed by atoms with Crippen molar-refractivity contribution in [2.75, 3.05) is 26.6 Å². The van der Waals surface area contributed by atoms with Gasteiger partial charge in [0.05, 0.1) is 21.3 Å². The summed E-state index contributed by atoms with van der Waals surface area (Å²) in [6, 6.07) is 11.1. The van der Waals surface area contributed by atoms with Crippen LogP contribution in [-0.2, 0) is 0 Å². The van der Waals surface area contributed by atoms with Crippen LogP contribution in [0, 0.1) is 0 Å². The number of rotatable bonds is 5. The fourth-order valence-electron chi connectivity index (χ4n) is 2.57. The third-order valence-corrected chi connectivity index (χ3v) is 3.80. The average molecular weight is 355 g/mol. The van der Waals surface area contributed by atoms with Crippen LogP contribution in [0.3, 0.4) is 0 Å². The normalized spacial score (nSPS) is 10.4. The van der Waals surface area contributed by atoms with Gasteiger partial charge in [0.2, 0.25) is 5.75 Å². The number of nitrogens with one attached hydrogen (secondary N) is 1. The van der Waals surface area contributed by atoms with Gasteiger partial charge in [-0.25, -0.2) is 4.79 Å². The van der Waals surface area contributed by atoms with E-state index >= 15 is 0 Å². The first-order valence-electron chi connectivity index (χ1n) is 7.71. The van der Waals surface area contributed by atoms with Crippen molar-refractivity contribution in [3.05, 3.63) is 58.4 Å². The monoisotopic (exact) mass is 355 g/mol. The van der Waals surface area contributed by atoms with Crippen LogP contribution in [0.25, 0.3) is 11.0 Å². The standard InChI is InChI=1S/C19H17NO6/c1-23-15-9-12(10-16(24-2)18(15)25-3)19(22)20-13-5-6-14-11(8-13)4-7-17(21)26-14/h4-10H,1-3H3,(H,20,22). The first kappa shape index (κ1) is 17.3. The predicted octanol–water partition coefficient (Wildman–Crippen LogP) is 3.07. The summed E-state index contributed by atoms with van der Waals surface area (Å²) in [5.74, 6) is 0.836. The van der Waals surface area contributed by atoms with Crippen LogP contribution in [0.15, 0.2) is 51.7 Å². The van der Waals surface area contributed by atoms with Crippen molar-refractivity contribution in [1.29, 1.82) is 0 Å². The molecule has 0 saturated heterocycles. The Morgan fingerprint density at radius 1 is 0.923 bits per heavy atom. The maximum Gasteiger partial charge on any atom is 0.336 e. The molecule has 0 unspecified atom stereocenters. The molecule has 1 heterocycles. The minimum absolute atomic E-state index is 0.346. The highest BCUT2D eigenvalue weighted by molar-refractivity contribution is 6.05. The number of hydrogen-bond acceptors (Lipinski definition) is 6. The number of fused-ring (bicyclic) bond motifs is 1. The molecule has 3 rings (SSSR count). The number of hydrogen-bond donors (Lipinski definition) is 1. The molecule has 1 amide bonds. The number of carbonyl (C=O) groups excluding carboxylic acids is 1. The zero-order chi connectivity index (χ0) is 18.7. The van der Waals surface area contributed by atoms with E-state index in [2.05, 4.69) is 5.32 Å². The van der Waals surface area contributed by atoms with Gasteiger partial charge in [-0.3, -0.25) is 4.79 Å². The lowest BCUT2D eigenvalue weighted by atomic mass is 10.1. The molecule has 0 saturated carbocycles. The molecule has 2 aromatic carbocycles. The van der Waals surface area contributed by atoms with Crippen LogP contribution in [0.4, 0.5) is 5.69 Å². The molecule has 1 N–H and O–H groups in total. The van der Waals surface area contributed by atoms with Crippen molar-refractivity contribution in [1.82, 2.24) is 0 Å². The van der Waals surface area contributed by atoms with Gasteiger partial charge >= 0.3 is 5.63 Å². The lowest BCUT2D eigenvalue weighted by Gasteiger charge is -2.14. The second-order valence-corrected chi connectivity index (χ2v) is 5.38. The van der Waals surface area contributed by atoms with Gasteiger partial charge in [-0.2, -0.15) is 0 Å². The summed E-state index contributed by atoms with van der Waals surface area (Å²) < 4.78 is 20.9. The Morgan fingerprint density at radius 2 is 1.62 bits per heavy atom. The zero-order valence-corrected chi connectivity index (χ0v) is 14.5. The predicted molar refractivity (Wildman–Crippen MR) is 96.5 cm³/mol. The molecule has 0 radical (unpaired) electrons. The van der Waals surface area contributed by atoms with E-state index in [-0.39, 0.29) is 5.91 Å². The number of amides is 1. The molecule has 0 spiro atoms. The van der Waals surface area contributed by atoms with Gasteiger partial charge in [-0.15, -0.1) is 0 Å². The van der Waals surface area contributed by atoms with Crippen LogP contribution < -0.4 is 25.2 Å².